The van der Waals surface area contributed by atoms with Crippen molar-refractivity contribution in [3.63, 3.8) is 0 Å². The quantitative estimate of drug-likeness (QED) is 0.371. The van der Waals surface area contributed by atoms with Crippen molar-refractivity contribution in [1.29, 1.82) is 5.41 Å². The van der Waals surface area contributed by atoms with E-state index in [-0.39, 0.29) is 12.1 Å². The van der Waals surface area contributed by atoms with E-state index in [1.54, 1.807) is 19.4 Å². The number of aryl methyl sites for hydroxylation is 1. The number of carbonyl (C=O) groups excluding carboxylic acids is 1. The van der Waals surface area contributed by atoms with E-state index < -0.39 is 5.60 Å². The Kier molecular flexibility index (Phi) is 7.51. The number of ether oxygens (including phenoxy) is 1. The van der Waals surface area contributed by atoms with Crippen LogP contribution in [-0.4, -0.2) is 29.9 Å². The van der Waals surface area contributed by atoms with Gasteiger partial charge in [0, 0.05) is 25.7 Å². The van der Waals surface area contributed by atoms with Gasteiger partial charge in [-0.15, -0.1) is 0 Å². The number of carbonyl (C=O) groups is 1. The monoisotopic (exact) mass is 435 g/mol. The summed E-state index contributed by atoms with van der Waals surface area (Å²) >= 11 is 0. The van der Waals surface area contributed by atoms with Crippen LogP contribution in [0.5, 0.6) is 0 Å². The second kappa shape index (κ2) is 10.3. The molecule has 0 fully saturated rings. The Morgan fingerprint density at radius 2 is 1.97 bits per heavy atom. The van der Waals surface area contributed by atoms with Gasteiger partial charge in [0.2, 0.25) is 0 Å². The van der Waals surface area contributed by atoms with E-state index in [2.05, 4.69) is 39.1 Å². The fourth-order valence-electron chi connectivity index (χ4n) is 3.86. The van der Waals surface area contributed by atoms with Gasteiger partial charge < -0.3 is 26.1 Å². The summed E-state index contributed by atoms with van der Waals surface area (Å²) in [5, 5.41) is 16.6. The molecule has 1 aromatic heterocycles. The van der Waals surface area contributed by atoms with Gasteiger partial charge in [0.25, 0.3) is 0 Å². The van der Waals surface area contributed by atoms with Crippen LogP contribution in [0, 0.1) is 5.41 Å². The molecule has 0 radical (unpaired) electrons. The predicted molar refractivity (Wildman–Crippen MR) is 129 cm³/mol. The molecule has 1 aliphatic carbocycles. The topological polar surface area (TPSA) is 99.1 Å². The van der Waals surface area contributed by atoms with Crippen molar-refractivity contribution in [2.45, 2.75) is 58.1 Å². The summed E-state index contributed by atoms with van der Waals surface area (Å²) in [6.45, 7) is 5.62. The van der Waals surface area contributed by atoms with Gasteiger partial charge in [-0.2, -0.15) is 0 Å². The maximum Gasteiger partial charge on any atom is 0.408 e. The van der Waals surface area contributed by atoms with Crippen molar-refractivity contribution in [3.05, 3.63) is 59.6 Å². The lowest BCUT2D eigenvalue weighted by Gasteiger charge is -2.24. The number of hydrogen-bond donors (Lipinski definition) is 4. The van der Waals surface area contributed by atoms with Crippen molar-refractivity contribution >= 4 is 18.1 Å². The first-order valence-corrected chi connectivity index (χ1v) is 11.0. The number of aromatic nitrogens is 1. The largest absolute Gasteiger partial charge is 0.444 e. The lowest BCUT2D eigenvalue weighted by atomic mass is 9.94. The molecule has 2 aromatic rings. The highest BCUT2D eigenvalue weighted by Gasteiger charge is 2.24. The van der Waals surface area contributed by atoms with E-state index in [0.717, 1.165) is 42.4 Å². The zero-order valence-corrected chi connectivity index (χ0v) is 19.3. The highest BCUT2D eigenvalue weighted by atomic mass is 16.6. The Hall–Kier alpha value is -3.35. The van der Waals surface area contributed by atoms with Gasteiger partial charge in [-0.1, -0.05) is 24.6 Å². The third kappa shape index (κ3) is 6.33. The second-order valence-electron chi connectivity index (χ2n) is 8.95. The van der Waals surface area contributed by atoms with Crippen LogP contribution in [0.25, 0.3) is 11.1 Å². The van der Waals surface area contributed by atoms with E-state index in [1.807, 2.05) is 32.9 Å². The molecule has 0 spiro atoms. The molecule has 1 aliphatic rings. The predicted octanol–water partition coefficient (Wildman–Crippen LogP) is 5.16. The summed E-state index contributed by atoms with van der Waals surface area (Å²) < 4.78 is 5.47. The van der Waals surface area contributed by atoms with Gasteiger partial charge in [0.05, 0.1) is 11.7 Å². The molecule has 1 aromatic carbocycles. The standard InChI is InChI=1S/C25H33N5O2/c1-25(2,3)32-24(31)30-22-8-6-5-7-19-13-17(9-10-21(19)22)18-11-12-28-23(14-18)29-20(15-26)16-27-4/h9-16,22,26-27H,5-8H2,1-4H3,(H,28,29)(H,30,31)/b20-16+,26-15?. The fourth-order valence-corrected chi connectivity index (χ4v) is 3.86. The number of pyridine rings is 1. The number of anilines is 1. The number of alkyl carbamates (subject to hydrolysis) is 1. The summed E-state index contributed by atoms with van der Waals surface area (Å²) in [6, 6.07) is 10.3. The van der Waals surface area contributed by atoms with Crippen LogP contribution in [0.1, 0.15) is 57.2 Å². The lowest BCUT2D eigenvalue weighted by molar-refractivity contribution is 0.0501. The van der Waals surface area contributed by atoms with E-state index >= 15 is 0 Å². The number of fused-ring (bicyclic) bond motifs is 1. The molecule has 32 heavy (non-hydrogen) atoms. The van der Waals surface area contributed by atoms with Crippen molar-refractivity contribution in [1.82, 2.24) is 15.6 Å². The molecule has 7 heteroatoms. The second-order valence-corrected chi connectivity index (χ2v) is 8.95. The molecular weight excluding hydrogens is 402 g/mol. The number of benzene rings is 1. The number of nitrogens with one attached hydrogen (secondary N) is 4. The average Bonchev–Trinajstić information content (AvgIpc) is 2.94. The SMILES string of the molecule is CN/C=C(\C=N)Nc1cc(-c2ccc3c(c2)CCCCC3NC(=O)OC(C)(C)C)ccn1. The molecule has 1 unspecified atom stereocenters. The molecule has 1 heterocycles. The lowest BCUT2D eigenvalue weighted by Crippen LogP contribution is -2.35. The van der Waals surface area contributed by atoms with Gasteiger partial charge in [0.1, 0.15) is 11.4 Å². The van der Waals surface area contributed by atoms with Crippen LogP contribution in [0.2, 0.25) is 0 Å². The molecule has 7 nitrogen and oxygen atoms in total. The third-order valence-electron chi connectivity index (χ3n) is 5.22. The van der Waals surface area contributed by atoms with Crippen LogP contribution in [0.15, 0.2) is 48.4 Å². The van der Waals surface area contributed by atoms with Gasteiger partial charge in [0.15, 0.2) is 0 Å². The summed E-state index contributed by atoms with van der Waals surface area (Å²) in [7, 11) is 1.79. The molecule has 0 saturated carbocycles. The number of nitrogens with zero attached hydrogens (tertiary/aromatic N) is 1. The van der Waals surface area contributed by atoms with Crippen LogP contribution in [-0.2, 0) is 11.2 Å². The van der Waals surface area contributed by atoms with Gasteiger partial charge in [-0.05, 0) is 74.4 Å². The van der Waals surface area contributed by atoms with Gasteiger partial charge in [-0.25, -0.2) is 9.78 Å². The van der Waals surface area contributed by atoms with E-state index in [1.165, 1.54) is 11.8 Å². The number of rotatable bonds is 6. The first-order valence-electron chi connectivity index (χ1n) is 11.0. The number of hydrogen-bond acceptors (Lipinski definition) is 6. The van der Waals surface area contributed by atoms with Crippen molar-refractivity contribution in [2.24, 2.45) is 0 Å². The van der Waals surface area contributed by atoms with Crippen molar-refractivity contribution in [2.75, 3.05) is 12.4 Å². The zero-order valence-electron chi connectivity index (χ0n) is 19.3. The van der Waals surface area contributed by atoms with E-state index in [9.17, 15) is 4.79 Å². The Morgan fingerprint density at radius 3 is 2.69 bits per heavy atom. The minimum atomic E-state index is -0.519. The van der Waals surface area contributed by atoms with Gasteiger partial charge >= 0.3 is 6.09 Å². The molecule has 0 saturated heterocycles. The molecule has 4 N–H and O–H groups in total. The Balaban J connectivity index is 1.84. The van der Waals surface area contributed by atoms with E-state index in [4.69, 9.17) is 10.1 Å². The highest BCUT2D eigenvalue weighted by molar-refractivity contribution is 5.80. The first-order chi connectivity index (χ1) is 15.3. The first kappa shape index (κ1) is 23.3. The van der Waals surface area contributed by atoms with E-state index in [0.29, 0.717) is 11.5 Å². The molecular formula is C25H33N5O2. The Labute approximate surface area is 190 Å². The molecule has 0 bridgehead atoms. The van der Waals surface area contributed by atoms with Crippen LogP contribution in [0.4, 0.5) is 10.6 Å². The summed E-state index contributed by atoms with van der Waals surface area (Å²) in [5.41, 5.74) is 4.65. The minimum absolute atomic E-state index is 0.0482. The molecule has 0 aliphatic heterocycles. The molecule has 1 atom stereocenters. The zero-order chi connectivity index (χ0) is 23.1. The van der Waals surface area contributed by atoms with Crippen LogP contribution < -0.4 is 16.0 Å². The Bertz CT molecular complexity index is 994. The maximum atomic E-state index is 12.4. The highest BCUT2D eigenvalue weighted by Crippen LogP contribution is 2.33. The number of allylic oxidation sites excluding steroid dienone is 1. The summed E-state index contributed by atoms with van der Waals surface area (Å²) in [5.74, 6) is 0.673. The normalized spacial score (nSPS) is 16.4. The third-order valence-corrected chi connectivity index (χ3v) is 5.22. The molecule has 3 rings (SSSR count). The average molecular weight is 436 g/mol. The van der Waals surface area contributed by atoms with Crippen molar-refractivity contribution in [3.8, 4) is 11.1 Å². The van der Waals surface area contributed by atoms with Gasteiger partial charge in [-0.3, -0.25) is 0 Å². The van der Waals surface area contributed by atoms with Crippen molar-refractivity contribution < 1.29 is 9.53 Å². The smallest absolute Gasteiger partial charge is 0.408 e. The Morgan fingerprint density at radius 1 is 1.19 bits per heavy atom. The molecule has 1 amide bonds. The minimum Gasteiger partial charge on any atom is -0.444 e. The fraction of sp³-hybridized carbons (Fsp3) is 0.400. The van der Waals surface area contributed by atoms with Crippen LogP contribution in [0.3, 0.4) is 0 Å². The molecule has 170 valence electrons. The number of amides is 1. The maximum absolute atomic E-state index is 12.4. The summed E-state index contributed by atoms with van der Waals surface area (Å²) in [6.07, 6.45) is 8.36. The summed E-state index contributed by atoms with van der Waals surface area (Å²) in [4.78, 5) is 16.7. The van der Waals surface area contributed by atoms with Crippen LogP contribution >= 0.6 is 0 Å².